The molecule has 0 spiro atoms. The van der Waals surface area contributed by atoms with E-state index in [1.807, 2.05) is 4.90 Å². The lowest BCUT2D eigenvalue weighted by Crippen LogP contribution is -2.40. The first-order chi connectivity index (χ1) is 9.70. The molecule has 116 valence electrons. The van der Waals surface area contributed by atoms with Gasteiger partial charge in [0.1, 0.15) is 0 Å². The number of piperidine rings is 1. The minimum Gasteiger partial charge on any atom is -0.376 e. The Bertz CT molecular complexity index is 297. The van der Waals surface area contributed by atoms with E-state index >= 15 is 0 Å². The molecule has 2 rings (SSSR count). The molecular formula is C16H30N2O2. The third-order valence-corrected chi connectivity index (χ3v) is 4.82. The second kappa shape index (κ2) is 7.99. The first kappa shape index (κ1) is 15.8. The molecule has 20 heavy (non-hydrogen) atoms. The summed E-state index contributed by atoms with van der Waals surface area (Å²) in [6.07, 6.45) is 5.71. The maximum Gasteiger partial charge on any atom is 0.222 e. The van der Waals surface area contributed by atoms with E-state index in [1.54, 1.807) is 0 Å². The second-order valence-corrected chi connectivity index (χ2v) is 6.36. The molecule has 0 aromatic heterocycles. The molecule has 2 aliphatic heterocycles. The molecule has 2 saturated heterocycles. The van der Waals surface area contributed by atoms with Gasteiger partial charge in [0.25, 0.3) is 0 Å². The number of carbonyl (C=O) groups is 1. The van der Waals surface area contributed by atoms with Gasteiger partial charge in [0.05, 0.1) is 6.10 Å². The zero-order valence-corrected chi connectivity index (χ0v) is 13.1. The summed E-state index contributed by atoms with van der Waals surface area (Å²) in [7, 11) is 0. The van der Waals surface area contributed by atoms with E-state index in [1.165, 1.54) is 12.8 Å². The average molecular weight is 282 g/mol. The number of ether oxygens (including phenoxy) is 1. The van der Waals surface area contributed by atoms with Crippen LogP contribution in [0.1, 0.15) is 46.0 Å². The van der Waals surface area contributed by atoms with Gasteiger partial charge in [-0.2, -0.15) is 0 Å². The highest BCUT2D eigenvalue weighted by molar-refractivity contribution is 5.76. The van der Waals surface area contributed by atoms with Gasteiger partial charge in [0.2, 0.25) is 5.91 Å². The molecule has 4 heteroatoms. The molecule has 3 unspecified atom stereocenters. The first-order valence-electron chi connectivity index (χ1n) is 8.30. The number of nitrogens with zero attached hydrogens (tertiary/aromatic N) is 1. The quantitative estimate of drug-likeness (QED) is 0.810. The minimum atomic E-state index is 0.269. The molecule has 1 amide bonds. The lowest BCUT2D eigenvalue weighted by atomic mass is 9.85. The Labute approximate surface area is 123 Å². The van der Waals surface area contributed by atoms with E-state index in [9.17, 15) is 4.79 Å². The van der Waals surface area contributed by atoms with E-state index in [-0.39, 0.29) is 6.10 Å². The van der Waals surface area contributed by atoms with Gasteiger partial charge in [-0.05, 0) is 57.5 Å². The minimum absolute atomic E-state index is 0.269. The number of hydrogen-bond donors (Lipinski definition) is 1. The Kier molecular flexibility index (Phi) is 6.30. The van der Waals surface area contributed by atoms with Crippen molar-refractivity contribution in [2.24, 2.45) is 11.8 Å². The summed E-state index contributed by atoms with van der Waals surface area (Å²) < 4.78 is 5.65. The van der Waals surface area contributed by atoms with E-state index in [2.05, 4.69) is 19.2 Å². The normalized spacial score (nSPS) is 28.3. The molecule has 1 N–H and O–H groups in total. The number of nitrogens with one attached hydrogen (secondary N) is 1. The van der Waals surface area contributed by atoms with Crippen molar-refractivity contribution in [2.75, 3.05) is 32.8 Å². The Balaban J connectivity index is 1.78. The fourth-order valence-electron chi connectivity index (χ4n) is 3.38. The van der Waals surface area contributed by atoms with Crippen molar-refractivity contribution >= 4 is 5.91 Å². The maximum atomic E-state index is 12.5. The van der Waals surface area contributed by atoms with Gasteiger partial charge >= 0.3 is 0 Å². The van der Waals surface area contributed by atoms with Crippen LogP contribution >= 0.6 is 0 Å². The van der Waals surface area contributed by atoms with Gasteiger partial charge in [0, 0.05) is 26.1 Å². The van der Waals surface area contributed by atoms with Gasteiger partial charge in [-0.15, -0.1) is 0 Å². The van der Waals surface area contributed by atoms with Crippen LogP contribution in [0.25, 0.3) is 0 Å². The topological polar surface area (TPSA) is 41.6 Å². The van der Waals surface area contributed by atoms with Crippen molar-refractivity contribution in [3.63, 3.8) is 0 Å². The standard InChI is InChI=1S/C16H30N2O2/c1-3-18(12-15-7-5-9-20-15)16(19)10-13(2)14-6-4-8-17-11-14/h13-15,17H,3-12H2,1-2H3. The van der Waals surface area contributed by atoms with Crippen LogP contribution in [0.2, 0.25) is 0 Å². The summed E-state index contributed by atoms with van der Waals surface area (Å²) in [5.41, 5.74) is 0. The second-order valence-electron chi connectivity index (χ2n) is 6.36. The lowest BCUT2D eigenvalue weighted by Gasteiger charge is -2.30. The molecule has 2 fully saturated rings. The molecule has 2 aliphatic rings. The summed E-state index contributed by atoms with van der Waals surface area (Å²) in [5.74, 6) is 1.45. The molecule has 0 aromatic carbocycles. The molecule has 0 radical (unpaired) electrons. The number of carbonyl (C=O) groups excluding carboxylic acids is 1. The van der Waals surface area contributed by atoms with Crippen LogP contribution in [0.4, 0.5) is 0 Å². The maximum absolute atomic E-state index is 12.5. The van der Waals surface area contributed by atoms with Crippen LogP contribution in [-0.4, -0.2) is 49.7 Å². The van der Waals surface area contributed by atoms with Crippen LogP contribution in [0.5, 0.6) is 0 Å². The lowest BCUT2D eigenvalue weighted by molar-refractivity contribution is -0.133. The predicted molar refractivity (Wildman–Crippen MR) is 80.6 cm³/mol. The summed E-state index contributed by atoms with van der Waals surface area (Å²) in [5, 5.41) is 3.45. The molecule has 0 saturated carbocycles. The zero-order valence-electron chi connectivity index (χ0n) is 13.1. The molecule has 0 aromatic rings. The van der Waals surface area contributed by atoms with Crippen molar-refractivity contribution in [2.45, 2.75) is 52.1 Å². The SMILES string of the molecule is CCN(CC1CCCO1)C(=O)CC(C)C1CCCNC1. The van der Waals surface area contributed by atoms with Gasteiger partial charge in [0.15, 0.2) is 0 Å². The summed E-state index contributed by atoms with van der Waals surface area (Å²) in [4.78, 5) is 14.5. The van der Waals surface area contributed by atoms with E-state index in [0.29, 0.717) is 24.2 Å². The third-order valence-electron chi connectivity index (χ3n) is 4.82. The van der Waals surface area contributed by atoms with Gasteiger partial charge < -0.3 is 15.0 Å². The molecule has 3 atom stereocenters. The summed E-state index contributed by atoms with van der Waals surface area (Å²) in [6.45, 7) is 8.96. The van der Waals surface area contributed by atoms with Crippen molar-refractivity contribution in [1.29, 1.82) is 0 Å². The molecular weight excluding hydrogens is 252 g/mol. The summed E-state index contributed by atoms with van der Waals surface area (Å²) in [6, 6.07) is 0. The number of amides is 1. The van der Waals surface area contributed by atoms with E-state index in [0.717, 1.165) is 45.6 Å². The molecule has 4 nitrogen and oxygen atoms in total. The molecule has 2 heterocycles. The number of likely N-dealkylation sites (N-methyl/N-ethyl adjacent to an activating group) is 1. The van der Waals surface area contributed by atoms with Gasteiger partial charge in [-0.25, -0.2) is 0 Å². The van der Waals surface area contributed by atoms with Gasteiger partial charge in [-0.3, -0.25) is 4.79 Å². The molecule has 0 bridgehead atoms. The zero-order chi connectivity index (χ0) is 14.4. The van der Waals surface area contributed by atoms with E-state index < -0.39 is 0 Å². The smallest absolute Gasteiger partial charge is 0.222 e. The Morgan fingerprint density at radius 1 is 1.40 bits per heavy atom. The average Bonchev–Trinajstić information content (AvgIpc) is 2.98. The van der Waals surface area contributed by atoms with Crippen LogP contribution < -0.4 is 5.32 Å². The first-order valence-corrected chi connectivity index (χ1v) is 8.30. The highest BCUT2D eigenvalue weighted by Crippen LogP contribution is 2.23. The van der Waals surface area contributed by atoms with Crippen molar-refractivity contribution in [3.8, 4) is 0 Å². The Morgan fingerprint density at radius 3 is 2.85 bits per heavy atom. The largest absolute Gasteiger partial charge is 0.376 e. The van der Waals surface area contributed by atoms with Crippen molar-refractivity contribution in [3.05, 3.63) is 0 Å². The fraction of sp³-hybridized carbons (Fsp3) is 0.938. The Morgan fingerprint density at radius 2 is 2.25 bits per heavy atom. The predicted octanol–water partition coefficient (Wildman–Crippen LogP) is 2.04. The van der Waals surface area contributed by atoms with Crippen LogP contribution in [0, 0.1) is 11.8 Å². The van der Waals surface area contributed by atoms with Crippen LogP contribution in [-0.2, 0) is 9.53 Å². The fourth-order valence-corrected chi connectivity index (χ4v) is 3.38. The monoisotopic (exact) mass is 282 g/mol. The number of rotatable bonds is 6. The molecule has 0 aliphatic carbocycles. The van der Waals surface area contributed by atoms with Crippen molar-refractivity contribution in [1.82, 2.24) is 10.2 Å². The van der Waals surface area contributed by atoms with E-state index in [4.69, 9.17) is 4.74 Å². The Hall–Kier alpha value is -0.610. The van der Waals surface area contributed by atoms with Crippen LogP contribution in [0.15, 0.2) is 0 Å². The highest BCUT2D eigenvalue weighted by Gasteiger charge is 2.26. The highest BCUT2D eigenvalue weighted by atomic mass is 16.5. The van der Waals surface area contributed by atoms with Crippen molar-refractivity contribution < 1.29 is 9.53 Å². The third kappa shape index (κ3) is 4.45. The van der Waals surface area contributed by atoms with Gasteiger partial charge in [-0.1, -0.05) is 6.92 Å². The number of hydrogen-bond acceptors (Lipinski definition) is 3. The summed E-state index contributed by atoms with van der Waals surface area (Å²) >= 11 is 0. The van der Waals surface area contributed by atoms with Crippen LogP contribution in [0.3, 0.4) is 0 Å².